The second-order valence-electron chi connectivity index (χ2n) is 10.2. The minimum absolute atomic E-state index is 0.0639. The number of rotatable bonds is 6. The third-order valence-electron chi connectivity index (χ3n) is 7.62. The summed E-state index contributed by atoms with van der Waals surface area (Å²) in [6, 6.07) is 17.7. The molecule has 42 heavy (non-hydrogen) atoms. The normalized spacial score (nSPS) is 18.5. The number of carbonyl (C=O) groups excluding carboxylic acids is 4. The summed E-state index contributed by atoms with van der Waals surface area (Å²) in [4.78, 5) is 64.7. The number of pyridine rings is 2. The van der Waals surface area contributed by atoms with Gasteiger partial charge in [0, 0.05) is 30.7 Å². The highest BCUT2D eigenvalue weighted by molar-refractivity contribution is 6.02. The third kappa shape index (κ3) is 5.24. The van der Waals surface area contributed by atoms with E-state index >= 15 is 0 Å². The summed E-state index contributed by atoms with van der Waals surface area (Å²) in [5.74, 6) is -0.782. The number of phenolic OH excluding ortho intramolecular Hbond substituents is 1. The van der Waals surface area contributed by atoms with Crippen molar-refractivity contribution in [3.63, 3.8) is 0 Å². The summed E-state index contributed by atoms with van der Waals surface area (Å²) in [6.07, 6.45) is 2.75. The Kier molecular flexibility index (Phi) is 7.22. The highest BCUT2D eigenvalue weighted by atomic mass is 16.6. The maximum atomic E-state index is 14.0. The number of hydrogen-bond acceptors (Lipinski definition) is 8. The average Bonchev–Trinajstić information content (AvgIpc) is 3.59. The molecule has 212 valence electrons. The molecular formula is C31H27N5O6. The second kappa shape index (κ2) is 11.3. The van der Waals surface area contributed by atoms with Crippen molar-refractivity contribution in [2.24, 2.45) is 0 Å². The molecule has 2 aromatic carbocycles. The Morgan fingerprint density at radius 1 is 0.952 bits per heavy atom. The van der Waals surface area contributed by atoms with Gasteiger partial charge in [0.25, 0.3) is 5.91 Å². The van der Waals surface area contributed by atoms with E-state index in [0.29, 0.717) is 17.5 Å². The monoisotopic (exact) mass is 565 g/mol. The molecule has 2 aromatic heterocycles. The molecular weight excluding hydrogens is 538 g/mol. The quantitative estimate of drug-likeness (QED) is 0.364. The first kappa shape index (κ1) is 26.9. The Labute approximate surface area is 240 Å². The lowest BCUT2D eigenvalue weighted by molar-refractivity contribution is -0.138. The zero-order chi connectivity index (χ0) is 29.2. The number of aromatic nitrogens is 2. The molecule has 3 atom stereocenters. The first-order valence-corrected chi connectivity index (χ1v) is 13.5. The molecule has 2 N–H and O–H groups in total. The molecule has 4 heterocycles. The summed E-state index contributed by atoms with van der Waals surface area (Å²) in [5, 5.41) is 13.2. The number of phenols is 1. The van der Waals surface area contributed by atoms with Gasteiger partial charge < -0.3 is 25.0 Å². The Morgan fingerprint density at radius 2 is 1.74 bits per heavy atom. The van der Waals surface area contributed by atoms with Gasteiger partial charge >= 0.3 is 6.09 Å². The van der Waals surface area contributed by atoms with Crippen LogP contribution in [0, 0.1) is 0 Å². The Morgan fingerprint density at radius 3 is 2.52 bits per heavy atom. The third-order valence-corrected chi connectivity index (χ3v) is 7.62. The van der Waals surface area contributed by atoms with E-state index in [1.54, 1.807) is 54.7 Å². The number of hydrogen-bond donors (Lipinski definition) is 2. The number of Topliss-reactive ketones (excluding diaryl/α,β-unsaturated/α-hetero) is 1. The van der Waals surface area contributed by atoms with Crippen LogP contribution in [0.2, 0.25) is 0 Å². The fourth-order valence-electron chi connectivity index (χ4n) is 5.67. The molecule has 4 aromatic rings. The van der Waals surface area contributed by atoms with Crippen LogP contribution in [-0.4, -0.2) is 79.8 Å². The molecule has 3 unspecified atom stereocenters. The SMILES string of the molecule is O=C(NC(Cc1ccc(O)cc1)C(=O)N1CCC2C1C(=O)CN2C(=O)c1ccccn1)Oc1cccc2cccnc12. The van der Waals surface area contributed by atoms with Crippen molar-refractivity contribution < 1.29 is 29.0 Å². The van der Waals surface area contributed by atoms with E-state index < -0.39 is 30.1 Å². The van der Waals surface area contributed by atoms with Gasteiger partial charge in [0.2, 0.25) is 5.91 Å². The first-order valence-electron chi connectivity index (χ1n) is 13.5. The van der Waals surface area contributed by atoms with E-state index in [1.807, 2.05) is 12.1 Å². The highest BCUT2D eigenvalue weighted by Crippen LogP contribution is 2.31. The molecule has 0 saturated carbocycles. The maximum Gasteiger partial charge on any atom is 0.413 e. The van der Waals surface area contributed by atoms with Crippen molar-refractivity contribution in [3.8, 4) is 11.5 Å². The van der Waals surface area contributed by atoms with Crippen LogP contribution in [0.4, 0.5) is 4.79 Å². The summed E-state index contributed by atoms with van der Waals surface area (Å²) in [5.41, 5.74) is 1.40. The number of nitrogens with one attached hydrogen (secondary N) is 1. The van der Waals surface area contributed by atoms with Gasteiger partial charge in [-0.2, -0.15) is 0 Å². The summed E-state index contributed by atoms with van der Waals surface area (Å²) < 4.78 is 5.58. The van der Waals surface area contributed by atoms with Gasteiger partial charge in [-0.25, -0.2) is 4.79 Å². The Balaban J connectivity index is 1.23. The largest absolute Gasteiger partial charge is 0.508 e. The van der Waals surface area contributed by atoms with E-state index in [1.165, 1.54) is 28.1 Å². The van der Waals surface area contributed by atoms with Crippen molar-refractivity contribution in [1.82, 2.24) is 25.1 Å². The van der Waals surface area contributed by atoms with E-state index in [4.69, 9.17) is 4.74 Å². The average molecular weight is 566 g/mol. The van der Waals surface area contributed by atoms with Gasteiger partial charge in [-0.3, -0.25) is 24.4 Å². The molecule has 2 fully saturated rings. The van der Waals surface area contributed by atoms with Crippen molar-refractivity contribution in [1.29, 1.82) is 0 Å². The fraction of sp³-hybridized carbons (Fsp3) is 0.226. The van der Waals surface area contributed by atoms with Gasteiger partial charge in [-0.05, 0) is 48.4 Å². The molecule has 11 heteroatoms. The lowest BCUT2D eigenvalue weighted by Gasteiger charge is -2.28. The van der Waals surface area contributed by atoms with Gasteiger partial charge in [0.05, 0.1) is 12.6 Å². The van der Waals surface area contributed by atoms with E-state index in [-0.39, 0.29) is 48.4 Å². The number of fused-ring (bicyclic) bond motifs is 2. The molecule has 0 radical (unpaired) electrons. The summed E-state index contributed by atoms with van der Waals surface area (Å²) >= 11 is 0. The standard InChI is InChI=1S/C31H27N5O6/c37-21-11-9-19(10-12-21)17-23(34-31(41)42-26-8-3-5-20-6-4-15-33-27(20)26)30(40)35-16-13-24-28(35)25(38)18-36(24)29(39)22-7-1-2-14-32-22/h1-12,14-15,23-24,28,37H,13,16-18H2,(H,34,41). The van der Waals surface area contributed by atoms with Crippen LogP contribution in [0.15, 0.2) is 85.2 Å². The number of likely N-dealkylation sites (tertiary alicyclic amines) is 2. The predicted molar refractivity (Wildman–Crippen MR) is 151 cm³/mol. The maximum absolute atomic E-state index is 14.0. The molecule has 0 bridgehead atoms. The topological polar surface area (TPSA) is 142 Å². The van der Waals surface area contributed by atoms with E-state index in [0.717, 1.165) is 5.39 Å². The molecule has 2 saturated heterocycles. The fourth-order valence-corrected chi connectivity index (χ4v) is 5.67. The molecule has 6 rings (SSSR count). The summed E-state index contributed by atoms with van der Waals surface area (Å²) in [6.45, 7) is 0.114. The number of ketones is 1. The highest BCUT2D eigenvalue weighted by Gasteiger charge is 2.52. The lowest BCUT2D eigenvalue weighted by Crippen LogP contribution is -2.53. The van der Waals surface area contributed by atoms with Crippen LogP contribution in [-0.2, 0) is 16.0 Å². The first-order chi connectivity index (χ1) is 20.4. The molecule has 11 nitrogen and oxygen atoms in total. The van der Waals surface area contributed by atoms with Crippen molar-refractivity contribution in [2.45, 2.75) is 31.0 Å². The van der Waals surface area contributed by atoms with Gasteiger partial charge in [0.15, 0.2) is 11.5 Å². The van der Waals surface area contributed by atoms with E-state index in [2.05, 4.69) is 15.3 Å². The molecule has 2 aliphatic rings. The summed E-state index contributed by atoms with van der Waals surface area (Å²) in [7, 11) is 0. The van der Waals surface area contributed by atoms with Gasteiger partial charge in [-0.1, -0.05) is 36.4 Å². The Bertz CT molecular complexity index is 1660. The number of nitrogens with zero attached hydrogens (tertiary/aromatic N) is 4. The zero-order valence-corrected chi connectivity index (χ0v) is 22.4. The van der Waals surface area contributed by atoms with Gasteiger partial charge in [-0.15, -0.1) is 0 Å². The van der Waals surface area contributed by atoms with Crippen LogP contribution in [0.3, 0.4) is 0 Å². The Hall–Kier alpha value is -5.32. The number of carbonyl (C=O) groups is 4. The molecule has 3 amide bonds. The van der Waals surface area contributed by atoms with Crippen molar-refractivity contribution >= 4 is 34.6 Å². The number of amides is 3. The van der Waals surface area contributed by atoms with Crippen molar-refractivity contribution in [2.75, 3.05) is 13.1 Å². The van der Waals surface area contributed by atoms with Crippen LogP contribution in [0.25, 0.3) is 10.9 Å². The van der Waals surface area contributed by atoms with Crippen LogP contribution in [0.1, 0.15) is 22.5 Å². The minimum Gasteiger partial charge on any atom is -0.508 e. The molecule has 0 aliphatic carbocycles. The minimum atomic E-state index is -1.09. The molecule has 0 spiro atoms. The number of aromatic hydroxyl groups is 1. The van der Waals surface area contributed by atoms with Crippen LogP contribution >= 0.6 is 0 Å². The zero-order valence-electron chi connectivity index (χ0n) is 22.4. The van der Waals surface area contributed by atoms with E-state index in [9.17, 15) is 24.3 Å². The number of ether oxygens (including phenoxy) is 1. The van der Waals surface area contributed by atoms with Crippen LogP contribution in [0.5, 0.6) is 11.5 Å². The van der Waals surface area contributed by atoms with Crippen molar-refractivity contribution in [3.05, 3.63) is 96.4 Å². The second-order valence-corrected chi connectivity index (χ2v) is 10.2. The molecule has 2 aliphatic heterocycles. The number of para-hydroxylation sites is 1. The predicted octanol–water partition coefficient (Wildman–Crippen LogP) is 2.73. The smallest absolute Gasteiger partial charge is 0.413 e. The number of benzene rings is 2. The van der Waals surface area contributed by atoms with Gasteiger partial charge in [0.1, 0.15) is 29.0 Å². The van der Waals surface area contributed by atoms with Crippen LogP contribution < -0.4 is 10.1 Å². The lowest BCUT2D eigenvalue weighted by atomic mass is 10.0.